The number of aromatic nitrogens is 2. The third-order valence-corrected chi connectivity index (χ3v) is 4.89. The molecule has 1 heterocycles. The van der Waals surface area contributed by atoms with Crippen molar-refractivity contribution in [1.82, 2.24) is 14.5 Å². The molecule has 1 aliphatic carbocycles. The number of amides is 1. The van der Waals surface area contributed by atoms with Gasteiger partial charge in [-0.15, -0.1) is 0 Å². The molecule has 0 spiro atoms. The highest BCUT2D eigenvalue weighted by Crippen LogP contribution is 2.26. The fourth-order valence-electron chi connectivity index (χ4n) is 3.49. The van der Waals surface area contributed by atoms with Crippen molar-refractivity contribution in [3.05, 3.63) is 48.0 Å². The number of carbonyl (C=O) groups excluding carboxylic acids is 1. The van der Waals surface area contributed by atoms with Gasteiger partial charge in [-0.05, 0) is 31.9 Å². The maximum Gasteiger partial charge on any atom is 0.255 e. The zero-order chi connectivity index (χ0) is 17.1. The number of hydrogen-bond acceptors (Lipinski definition) is 3. The molecule has 1 fully saturated rings. The van der Waals surface area contributed by atoms with E-state index in [9.17, 15) is 9.90 Å². The molecule has 1 aliphatic rings. The maximum atomic E-state index is 13.0. The van der Waals surface area contributed by atoms with Gasteiger partial charge < -0.3 is 14.6 Å². The van der Waals surface area contributed by atoms with Crippen molar-refractivity contribution in [3.63, 3.8) is 0 Å². The van der Waals surface area contributed by atoms with Crippen LogP contribution in [-0.4, -0.2) is 45.2 Å². The van der Waals surface area contributed by atoms with E-state index in [2.05, 4.69) is 4.98 Å². The van der Waals surface area contributed by atoms with E-state index in [0.29, 0.717) is 12.1 Å². The zero-order valence-electron chi connectivity index (χ0n) is 14.4. The number of aryl methyl sites for hydroxylation is 1. The van der Waals surface area contributed by atoms with Crippen molar-refractivity contribution in [3.8, 4) is 5.69 Å². The summed E-state index contributed by atoms with van der Waals surface area (Å²) in [7, 11) is 1.82. The van der Waals surface area contributed by atoms with E-state index >= 15 is 0 Å². The number of benzene rings is 1. The zero-order valence-corrected chi connectivity index (χ0v) is 14.4. The second-order valence-corrected chi connectivity index (χ2v) is 6.79. The van der Waals surface area contributed by atoms with Gasteiger partial charge in [0.1, 0.15) is 0 Å². The minimum atomic E-state index is -0.292. The molecule has 2 atom stereocenters. The van der Waals surface area contributed by atoms with Crippen molar-refractivity contribution in [2.24, 2.45) is 5.92 Å². The Balaban J connectivity index is 1.82. The molecule has 2 aromatic rings. The quantitative estimate of drug-likeness (QED) is 0.939. The predicted molar refractivity (Wildman–Crippen MR) is 93.2 cm³/mol. The van der Waals surface area contributed by atoms with Gasteiger partial charge in [0.15, 0.2) is 0 Å². The van der Waals surface area contributed by atoms with Gasteiger partial charge in [-0.1, -0.05) is 24.5 Å². The predicted octanol–water partition coefficient (Wildman–Crippen LogP) is 2.80. The molecule has 24 heavy (non-hydrogen) atoms. The summed E-state index contributed by atoms with van der Waals surface area (Å²) in [6.07, 6.45) is 9.00. The molecular formula is C19H25N3O2. The van der Waals surface area contributed by atoms with Crippen LogP contribution in [0.15, 0.2) is 36.9 Å². The molecule has 3 rings (SSSR count). The van der Waals surface area contributed by atoms with Crippen LogP contribution < -0.4 is 0 Å². The van der Waals surface area contributed by atoms with Gasteiger partial charge >= 0.3 is 0 Å². The van der Waals surface area contributed by atoms with Crippen LogP contribution in [-0.2, 0) is 0 Å². The highest BCUT2D eigenvalue weighted by atomic mass is 16.3. The van der Waals surface area contributed by atoms with Crippen LogP contribution in [0.25, 0.3) is 5.69 Å². The topological polar surface area (TPSA) is 58.4 Å². The Labute approximate surface area is 142 Å². The van der Waals surface area contributed by atoms with Crippen molar-refractivity contribution in [2.45, 2.75) is 38.7 Å². The molecule has 1 amide bonds. The second-order valence-electron chi connectivity index (χ2n) is 6.79. The Morgan fingerprint density at radius 2 is 2.17 bits per heavy atom. The first-order valence-corrected chi connectivity index (χ1v) is 8.59. The Hall–Kier alpha value is -2.14. The standard InChI is InChI=1S/C19H25N3O2/c1-14-7-8-17(22-10-9-20-13-22)16(11-14)19(24)21(2)12-15-5-3-4-6-18(15)23/h7-11,13,15,18,23H,3-6,12H2,1-2H3. The summed E-state index contributed by atoms with van der Waals surface area (Å²) >= 11 is 0. The first-order chi connectivity index (χ1) is 11.6. The molecule has 1 N–H and O–H groups in total. The Kier molecular flexibility index (Phi) is 5.00. The number of imidazole rings is 1. The lowest BCUT2D eigenvalue weighted by Crippen LogP contribution is -2.38. The summed E-state index contributed by atoms with van der Waals surface area (Å²) in [6.45, 7) is 2.58. The molecule has 5 heteroatoms. The minimum Gasteiger partial charge on any atom is -0.393 e. The number of aliphatic hydroxyl groups excluding tert-OH is 1. The summed E-state index contributed by atoms with van der Waals surface area (Å²) in [6, 6.07) is 5.87. The first-order valence-electron chi connectivity index (χ1n) is 8.59. The lowest BCUT2D eigenvalue weighted by Gasteiger charge is -2.31. The molecule has 5 nitrogen and oxygen atoms in total. The van der Waals surface area contributed by atoms with Gasteiger partial charge in [0.25, 0.3) is 5.91 Å². The Morgan fingerprint density at radius 3 is 2.88 bits per heavy atom. The number of aliphatic hydroxyl groups is 1. The molecular weight excluding hydrogens is 302 g/mol. The summed E-state index contributed by atoms with van der Waals surface area (Å²) in [5.74, 6) is 0.161. The molecule has 0 aliphatic heterocycles. The number of carbonyl (C=O) groups is 1. The average molecular weight is 327 g/mol. The molecule has 0 saturated heterocycles. The van der Waals surface area contributed by atoms with Gasteiger partial charge in [-0.2, -0.15) is 0 Å². The third kappa shape index (κ3) is 3.51. The first kappa shape index (κ1) is 16.7. The average Bonchev–Trinajstić information content (AvgIpc) is 3.10. The minimum absolute atomic E-state index is 0.0137. The molecule has 1 saturated carbocycles. The van der Waals surface area contributed by atoms with E-state index in [4.69, 9.17) is 0 Å². The van der Waals surface area contributed by atoms with Crippen molar-refractivity contribution < 1.29 is 9.90 Å². The number of nitrogens with zero attached hydrogens (tertiary/aromatic N) is 3. The number of rotatable bonds is 4. The fourth-order valence-corrected chi connectivity index (χ4v) is 3.49. The van der Waals surface area contributed by atoms with Crippen molar-refractivity contribution >= 4 is 5.91 Å². The van der Waals surface area contributed by atoms with Crippen molar-refractivity contribution in [1.29, 1.82) is 0 Å². The maximum absolute atomic E-state index is 13.0. The van der Waals surface area contributed by atoms with Crippen LogP contribution in [0, 0.1) is 12.8 Å². The highest BCUT2D eigenvalue weighted by Gasteiger charge is 2.26. The number of hydrogen-bond donors (Lipinski definition) is 1. The normalized spacial score (nSPS) is 20.8. The summed E-state index contributed by atoms with van der Waals surface area (Å²) in [4.78, 5) is 18.8. The molecule has 128 valence electrons. The summed E-state index contributed by atoms with van der Waals surface area (Å²) < 4.78 is 1.86. The van der Waals surface area contributed by atoms with E-state index < -0.39 is 0 Å². The van der Waals surface area contributed by atoms with Crippen LogP contribution in [0.4, 0.5) is 0 Å². The van der Waals surface area contributed by atoms with Crippen LogP contribution in [0.5, 0.6) is 0 Å². The third-order valence-electron chi connectivity index (χ3n) is 4.89. The van der Waals surface area contributed by atoms with Crippen LogP contribution >= 0.6 is 0 Å². The van der Waals surface area contributed by atoms with E-state index in [-0.39, 0.29) is 17.9 Å². The van der Waals surface area contributed by atoms with Gasteiger partial charge in [-0.3, -0.25) is 4.79 Å². The molecule has 0 radical (unpaired) electrons. The second kappa shape index (κ2) is 7.18. The van der Waals surface area contributed by atoms with Crippen molar-refractivity contribution in [2.75, 3.05) is 13.6 Å². The highest BCUT2D eigenvalue weighted by molar-refractivity contribution is 5.97. The molecule has 2 unspecified atom stereocenters. The van der Waals surface area contributed by atoms with E-state index in [1.165, 1.54) is 0 Å². The van der Waals surface area contributed by atoms with Gasteiger partial charge in [-0.25, -0.2) is 4.98 Å². The van der Waals surface area contributed by atoms with E-state index in [1.54, 1.807) is 17.4 Å². The van der Waals surface area contributed by atoms with E-state index in [1.807, 2.05) is 42.9 Å². The monoisotopic (exact) mass is 327 g/mol. The summed E-state index contributed by atoms with van der Waals surface area (Å²) in [5.41, 5.74) is 2.55. The largest absolute Gasteiger partial charge is 0.393 e. The van der Waals surface area contributed by atoms with Crippen LogP contribution in [0.1, 0.15) is 41.6 Å². The fraction of sp³-hybridized carbons (Fsp3) is 0.474. The lowest BCUT2D eigenvalue weighted by atomic mass is 9.86. The Morgan fingerprint density at radius 1 is 1.38 bits per heavy atom. The van der Waals surface area contributed by atoms with Gasteiger partial charge in [0, 0.05) is 31.9 Å². The SMILES string of the molecule is Cc1ccc(-n2ccnc2)c(C(=O)N(C)CC2CCCCC2O)c1. The molecule has 1 aromatic carbocycles. The summed E-state index contributed by atoms with van der Waals surface area (Å²) in [5, 5.41) is 10.2. The molecule has 1 aromatic heterocycles. The van der Waals surface area contributed by atoms with E-state index in [0.717, 1.165) is 36.9 Å². The van der Waals surface area contributed by atoms with Crippen LogP contribution in [0.3, 0.4) is 0 Å². The van der Waals surface area contributed by atoms with Gasteiger partial charge in [0.2, 0.25) is 0 Å². The molecule has 0 bridgehead atoms. The van der Waals surface area contributed by atoms with Gasteiger partial charge in [0.05, 0.1) is 23.7 Å². The lowest BCUT2D eigenvalue weighted by molar-refractivity contribution is 0.0451. The smallest absolute Gasteiger partial charge is 0.255 e. The Bertz CT molecular complexity index is 697. The van der Waals surface area contributed by atoms with Crippen LogP contribution in [0.2, 0.25) is 0 Å².